The lowest BCUT2D eigenvalue weighted by atomic mass is 10.1. The SMILES string of the molecule is Cc1cccc(Cc2cnc(NC(=O)c3cc(C)cc(C)c3)s2)c1. The Morgan fingerprint density at radius 2 is 1.79 bits per heavy atom. The van der Waals surface area contributed by atoms with Crippen molar-refractivity contribution in [2.45, 2.75) is 27.2 Å². The molecule has 0 radical (unpaired) electrons. The summed E-state index contributed by atoms with van der Waals surface area (Å²) in [5, 5.41) is 3.54. The Morgan fingerprint density at radius 3 is 2.50 bits per heavy atom. The van der Waals surface area contributed by atoms with Crippen molar-refractivity contribution in [3.8, 4) is 0 Å². The van der Waals surface area contributed by atoms with Gasteiger partial charge in [0.05, 0.1) is 0 Å². The lowest BCUT2D eigenvalue weighted by molar-refractivity contribution is 0.102. The van der Waals surface area contributed by atoms with Crippen LogP contribution in [0.25, 0.3) is 0 Å². The number of benzene rings is 2. The van der Waals surface area contributed by atoms with Crippen molar-refractivity contribution in [1.29, 1.82) is 0 Å². The number of hydrogen-bond donors (Lipinski definition) is 1. The van der Waals surface area contributed by atoms with Crippen molar-refractivity contribution < 1.29 is 4.79 Å². The number of thiazole rings is 1. The molecule has 0 aliphatic rings. The lowest BCUT2D eigenvalue weighted by Crippen LogP contribution is -2.12. The van der Waals surface area contributed by atoms with Crippen LogP contribution in [0.5, 0.6) is 0 Å². The molecule has 1 amide bonds. The molecule has 0 saturated carbocycles. The molecule has 1 heterocycles. The minimum Gasteiger partial charge on any atom is -0.298 e. The third kappa shape index (κ3) is 4.09. The molecule has 1 aromatic heterocycles. The largest absolute Gasteiger partial charge is 0.298 e. The van der Waals surface area contributed by atoms with Gasteiger partial charge in [-0.15, -0.1) is 11.3 Å². The quantitative estimate of drug-likeness (QED) is 0.735. The fourth-order valence-electron chi connectivity index (χ4n) is 2.75. The summed E-state index contributed by atoms with van der Waals surface area (Å²) in [7, 11) is 0. The van der Waals surface area contributed by atoms with Gasteiger partial charge >= 0.3 is 0 Å². The van der Waals surface area contributed by atoms with Crippen molar-refractivity contribution in [2.75, 3.05) is 5.32 Å². The maximum Gasteiger partial charge on any atom is 0.257 e. The molecule has 0 aliphatic carbocycles. The molecular formula is C20H20N2OS. The Bertz CT molecular complexity index is 863. The van der Waals surface area contributed by atoms with Gasteiger partial charge in [0.2, 0.25) is 0 Å². The smallest absolute Gasteiger partial charge is 0.257 e. The first-order chi connectivity index (χ1) is 11.5. The van der Waals surface area contributed by atoms with E-state index >= 15 is 0 Å². The van der Waals surface area contributed by atoms with Gasteiger partial charge in [0.15, 0.2) is 5.13 Å². The van der Waals surface area contributed by atoms with Gasteiger partial charge in [0, 0.05) is 23.1 Å². The van der Waals surface area contributed by atoms with Crippen molar-refractivity contribution in [2.24, 2.45) is 0 Å². The Kier molecular flexibility index (Phi) is 4.76. The minimum absolute atomic E-state index is 0.113. The van der Waals surface area contributed by atoms with E-state index in [1.165, 1.54) is 22.5 Å². The van der Waals surface area contributed by atoms with Crippen molar-refractivity contribution in [1.82, 2.24) is 4.98 Å². The zero-order valence-corrected chi connectivity index (χ0v) is 14.9. The molecule has 0 fully saturated rings. The number of aryl methyl sites for hydroxylation is 3. The lowest BCUT2D eigenvalue weighted by Gasteiger charge is -2.04. The molecule has 0 unspecified atom stereocenters. The predicted octanol–water partition coefficient (Wildman–Crippen LogP) is 4.91. The van der Waals surface area contributed by atoms with Crippen LogP contribution < -0.4 is 5.32 Å². The zero-order valence-electron chi connectivity index (χ0n) is 14.1. The number of nitrogens with zero attached hydrogens (tertiary/aromatic N) is 1. The fourth-order valence-corrected chi connectivity index (χ4v) is 3.59. The molecule has 3 aromatic rings. The summed E-state index contributed by atoms with van der Waals surface area (Å²) in [6.45, 7) is 6.08. The number of aromatic nitrogens is 1. The molecule has 3 rings (SSSR count). The van der Waals surface area contributed by atoms with Gasteiger partial charge < -0.3 is 0 Å². The van der Waals surface area contributed by atoms with E-state index in [-0.39, 0.29) is 5.91 Å². The van der Waals surface area contributed by atoms with Crippen LogP contribution in [0.4, 0.5) is 5.13 Å². The average molecular weight is 336 g/mol. The first-order valence-electron chi connectivity index (χ1n) is 7.89. The monoisotopic (exact) mass is 336 g/mol. The van der Waals surface area contributed by atoms with Gasteiger partial charge in [0.1, 0.15) is 0 Å². The minimum atomic E-state index is -0.113. The summed E-state index contributed by atoms with van der Waals surface area (Å²) in [5.41, 5.74) is 5.34. The predicted molar refractivity (Wildman–Crippen MR) is 100.0 cm³/mol. The van der Waals surface area contributed by atoms with Gasteiger partial charge in [-0.25, -0.2) is 4.98 Å². The maximum absolute atomic E-state index is 12.4. The molecule has 0 atom stereocenters. The van der Waals surface area contributed by atoms with Gasteiger partial charge in [-0.1, -0.05) is 47.0 Å². The molecule has 3 nitrogen and oxygen atoms in total. The highest BCUT2D eigenvalue weighted by Crippen LogP contribution is 2.22. The topological polar surface area (TPSA) is 42.0 Å². The molecule has 4 heteroatoms. The molecule has 0 aliphatic heterocycles. The summed E-state index contributed by atoms with van der Waals surface area (Å²) in [6, 6.07) is 14.3. The van der Waals surface area contributed by atoms with E-state index in [1.54, 1.807) is 0 Å². The van der Waals surface area contributed by atoms with Crippen molar-refractivity contribution >= 4 is 22.4 Å². The van der Waals surface area contributed by atoms with E-state index < -0.39 is 0 Å². The van der Waals surface area contributed by atoms with Crippen molar-refractivity contribution in [3.05, 3.63) is 81.4 Å². The van der Waals surface area contributed by atoms with Crippen LogP contribution in [-0.4, -0.2) is 10.9 Å². The van der Waals surface area contributed by atoms with E-state index in [0.29, 0.717) is 10.7 Å². The van der Waals surface area contributed by atoms with Crippen LogP contribution >= 0.6 is 11.3 Å². The highest BCUT2D eigenvalue weighted by Gasteiger charge is 2.10. The molecule has 0 bridgehead atoms. The fraction of sp³-hybridized carbons (Fsp3) is 0.200. The van der Waals surface area contributed by atoms with Gasteiger partial charge in [0.25, 0.3) is 5.91 Å². The molecule has 2 aromatic carbocycles. The molecule has 0 saturated heterocycles. The van der Waals surface area contributed by atoms with Crippen LogP contribution in [0, 0.1) is 20.8 Å². The number of carbonyl (C=O) groups excluding carboxylic acids is 1. The maximum atomic E-state index is 12.4. The Morgan fingerprint density at radius 1 is 1.04 bits per heavy atom. The first kappa shape index (κ1) is 16.4. The Labute approximate surface area is 146 Å². The molecule has 0 spiro atoms. The van der Waals surface area contributed by atoms with Crippen LogP contribution in [-0.2, 0) is 6.42 Å². The number of hydrogen-bond acceptors (Lipinski definition) is 3. The van der Waals surface area contributed by atoms with Crippen LogP contribution in [0.3, 0.4) is 0 Å². The highest BCUT2D eigenvalue weighted by molar-refractivity contribution is 7.15. The van der Waals surface area contributed by atoms with Gasteiger partial charge in [-0.05, 0) is 38.5 Å². The summed E-state index contributed by atoms with van der Waals surface area (Å²) in [5.74, 6) is -0.113. The molecule has 122 valence electrons. The molecule has 24 heavy (non-hydrogen) atoms. The van der Waals surface area contributed by atoms with E-state index in [1.807, 2.05) is 32.2 Å². The summed E-state index contributed by atoms with van der Waals surface area (Å²) < 4.78 is 0. The Balaban J connectivity index is 1.70. The third-order valence-electron chi connectivity index (χ3n) is 3.72. The number of anilines is 1. The van der Waals surface area contributed by atoms with Crippen LogP contribution in [0.15, 0.2) is 48.7 Å². The summed E-state index contributed by atoms with van der Waals surface area (Å²) in [6.07, 6.45) is 2.67. The second kappa shape index (κ2) is 6.97. The van der Waals surface area contributed by atoms with Crippen LogP contribution in [0.2, 0.25) is 0 Å². The van der Waals surface area contributed by atoms with E-state index in [0.717, 1.165) is 22.4 Å². The zero-order chi connectivity index (χ0) is 17.1. The van der Waals surface area contributed by atoms with Gasteiger partial charge in [-0.3, -0.25) is 10.1 Å². The summed E-state index contributed by atoms with van der Waals surface area (Å²) >= 11 is 1.52. The number of rotatable bonds is 4. The van der Waals surface area contributed by atoms with E-state index in [9.17, 15) is 4.79 Å². The van der Waals surface area contributed by atoms with Crippen LogP contribution in [0.1, 0.15) is 37.5 Å². The molecular weight excluding hydrogens is 316 g/mol. The second-order valence-corrected chi connectivity index (χ2v) is 7.24. The highest BCUT2D eigenvalue weighted by atomic mass is 32.1. The molecule has 1 N–H and O–H groups in total. The summed E-state index contributed by atoms with van der Waals surface area (Å²) in [4.78, 5) is 17.9. The Hall–Kier alpha value is -2.46. The number of nitrogens with one attached hydrogen (secondary N) is 1. The first-order valence-corrected chi connectivity index (χ1v) is 8.71. The normalized spacial score (nSPS) is 10.6. The average Bonchev–Trinajstić information content (AvgIpc) is 2.93. The standard InChI is InChI=1S/C20H20N2OS/c1-13-5-4-6-16(8-13)11-18-12-21-20(24-18)22-19(23)17-9-14(2)7-15(3)10-17/h4-10,12H,11H2,1-3H3,(H,21,22,23). The van der Waals surface area contributed by atoms with E-state index in [4.69, 9.17) is 0 Å². The van der Waals surface area contributed by atoms with Gasteiger partial charge in [-0.2, -0.15) is 0 Å². The van der Waals surface area contributed by atoms with Crippen molar-refractivity contribution in [3.63, 3.8) is 0 Å². The second-order valence-electron chi connectivity index (χ2n) is 6.13. The number of amides is 1. The third-order valence-corrected chi connectivity index (χ3v) is 4.63. The number of carbonyl (C=O) groups is 1. The van der Waals surface area contributed by atoms with E-state index in [2.05, 4.69) is 47.6 Å².